The number of fused-ring (bicyclic) bond motifs is 7. The van der Waals surface area contributed by atoms with E-state index in [0.29, 0.717) is 0 Å². The second-order valence-electron chi connectivity index (χ2n) is 17.3. The van der Waals surface area contributed by atoms with Gasteiger partial charge in [0.25, 0.3) is 0 Å². The third kappa shape index (κ3) is 6.17. The van der Waals surface area contributed by atoms with Crippen LogP contribution in [0.2, 0.25) is 0 Å². The normalized spacial score (nSPS) is 12.7. The molecule has 0 fully saturated rings. The lowest BCUT2D eigenvalue weighted by atomic mass is 9.79. The smallest absolute Gasteiger partial charge is 0.159 e. The highest BCUT2D eigenvalue weighted by atomic mass is 16.3. The molecule has 0 radical (unpaired) electrons. The van der Waals surface area contributed by atoms with Gasteiger partial charge < -0.3 is 9.32 Å². The maximum absolute atomic E-state index is 6.67. The summed E-state index contributed by atoms with van der Waals surface area (Å²) in [6.07, 6.45) is 0. The Labute approximate surface area is 368 Å². The molecule has 0 bridgehead atoms. The van der Waals surface area contributed by atoms with Crippen molar-refractivity contribution in [3.8, 4) is 55.6 Å². The SMILES string of the molecule is CC1(C)c2ccccc2-c2cccc(-c3ccc(N(c4ccc(-c5cccc(-c6cccc(-c7ccc8ccccc8c7)c6)c5)cc4)c4cccc5c4oc4ccccc45)cc3)c21. The maximum atomic E-state index is 6.67. The van der Waals surface area contributed by atoms with Crippen LogP contribution in [-0.4, -0.2) is 0 Å². The van der Waals surface area contributed by atoms with Gasteiger partial charge in [0.1, 0.15) is 5.58 Å². The van der Waals surface area contributed by atoms with E-state index >= 15 is 0 Å². The first kappa shape index (κ1) is 36.9. The molecule has 1 aliphatic carbocycles. The van der Waals surface area contributed by atoms with E-state index in [2.05, 4.69) is 237 Å². The average Bonchev–Trinajstić information content (AvgIpc) is 3.84. The van der Waals surface area contributed by atoms with Crippen molar-refractivity contribution in [3.63, 3.8) is 0 Å². The monoisotopic (exact) mass is 805 g/mol. The first-order valence-electron chi connectivity index (χ1n) is 21.8. The molecule has 298 valence electrons. The van der Waals surface area contributed by atoms with E-state index in [-0.39, 0.29) is 5.41 Å². The molecule has 0 unspecified atom stereocenters. The van der Waals surface area contributed by atoms with Crippen LogP contribution in [0.5, 0.6) is 0 Å². The summed E-state index contributed by atoms with van der Waals surface area (Å²) in [6, 6.07) is 81.5. The fourth-order valence-electron chi connectivity index (χ4n) is 10.1. The zero-order valence-electron chi connectivity index (χ0n) is 35.2. The Bertz CT molecular complexity index is 3540. The third-order valence-corrected chi connectivity index (χ3v) is 13.2. The minimum atomic E-state index is -0.104. The molecule has 1 heterocycles. The summed E-state index contributed by atoms with van der Waals surface area (Å²) in [7, 11) is 0. The van der Waals surface area contributed by atoms with Gasteiger partial charge in [-0.3, -0.25) is 0 Å². The van der Waals surface area contributed by atoms with E-state index in [1.807, 2.05) is 6.07 Å². The molecule has 63 heavy (non-hydrogen) atoms. The van der Waals surface area contributed by atoms with Crippen molar-refractivity contribution in [1.82, 2.24) is 0 Å². The number of hydrogen-bond acceptors (Lipinski definition) is 2. The van der Waals surface area contributed by atoms with Crippen LogP contribution in [-0.2, 0) is 5.41 Å². The number of anilines is 3. The van der Waals surface area contributed by atoms with Crippen LogP contribution in [0.25, 0.3) is 88.3 Å². The van der Waals surface area contributed by atoms with Crippen molar-refractivity contribution in [3.05, 3.63) is 236 Å². The zero-order valence-corrected chi connectivity index (χ0v) is 35.2. The standard InChI is InChI=1S/C61H43NO/c1-61(2)56-24-7-5-19-52(56)54-22-11-21-51(59(54)61)42-31-35-50(36-32-42)62(57-25-12-23-55-53-20-6-8-26-58(53)63-60(55)57)49-33-29-41(30-34-49)44-15-9-16-45(37-44)46-17-10-18-47(39-46)48-28-27-40-13-3-4-14-43(40)38-48/h3-39H,1-2H3. The summed E-state index contributed by atoms with van der Waals surface area (Å²) < 4.78 is 6.67. The van der Waals surface area contributed by atoms with Gasteiger partial charge in [0, 0.05) is 27.6 Å². The number of benzene rings is 10. The summed E-state index contributed by atoms with van der Waals surface area (Å²) >= 11 is 0. The Morgan fingerprint density at radius 3 is 1.63 bits per heavy atom. The van der Waals surface area contributed by atoms with Gasteiger partial charge in [-0.25, -0.2) is 0 Å². The minimum absolute atomic E-state index is 0.104. The fourth-order valence-corrected chi connectivity index (χ4v) is 10.1. The molecule has 11 aromatic rings. The first-order chi connectivity index (χ1) is 31.0. The molecule has 0 saturated carbocycles. The van der Waals surface area contributed by atoms with Crippen LogP contribution < -0.4 is 4.90 Å². The minimum Gasteiger partial charge on any atom is -0.454 e. The highest BCUT2D eigenvalue weighted by Gasteiger charge is 2.37. The average molecular weight is 806 g/mol. The van der Waals surface area contributed by atoms with Crippen molar-refractivity contribution >= 4 is 49.8 Å². The lowest BCUT2D eigenvalue weighted by Gasteiger charge is -2.27. The lowest BCUT2D eigenvalue weighted by molar-refractivity contribution is 0.662. The molecule has 12 rings (SSSR count). The second-order valence-corrected chi connectivity index (χ2v) is 17.3. The molecule has 1 aromatic heterocycles. The van der Waals surface area contributed by atoms with Crippen molar-refractivity contribution in [1.29, 1.82) is 0 Å². The highest BCUT2D eigenvalue weighted by molar-refractivity contribution is 6.10. The van der Waals surface area contributed by atoms with Gasteiger partial charge in [-0.05, 0) is 132 Å². The molecule has 0 saturated heterocycles. The van der Waals surface area contributed by atoms with Crippen LogP contribution in [0.15, 0.2) is 229 Å². The first-order valence-corrected chi connectivity index (χ1v) is 21.8. The molecule has 0 aliphatic heterocycles. The van der Waals surface area contributed by atoms with Crippen LogP contribution in [0, 0.1) is 0 Å². The highest BCUT2D eigenvalue weighted by Crippen LogP contribution is 2.52. The van der Waals surface area contributed by atoms with Crippen LogP contribution >= 0.6 is 0 Å². The van der Waals surface area contributed by atoms with E-state index in [1.54, 1.807) is 0 Å². The Hall–Kier alpha value is -7.94. The maximum Gasteiger partial charge on any atom is 0.159 e. The Balaban J connectivity index is 0.918. The third-order valence-electron chi connectivity index (χ3n) is 13.2. The lowest BCUT2D eigenvalue weighted by Crippen LogP contribution is -2.16. The molecular weight excluding hydrogens is 763 g/mol. The molecule has 2 heteroatoms. The summed E-state index contributed by atoms with van der Waals surface area (Å²) in [5.74, 6) is 0. The van der Waals surface area contributed by atoms with Crippen molar-refractivity contribution in [2.24, 2.45) is 0 Å². The van der Waals surface area contributed by atoms with Gasteiger partial charge in [0.05, 0.1) is 5.69 Å². The van der Waals surface area contributed by atoms with Gasteiger partial charge in [0.2, 0.25) is 0 Å². The Kier molecular flexibility index (Phi) is 8.55. The quantitative estimate of drug-likeness (QED) is 0.160. The van der Waals surface area contributed by atoms with Crippen LogP contribution in [0.4, 0.5) is 17.1 Å². The molecule has 0 N–H and O–H groups in total. The number of para-hydroxylation sites is 2. The van der Waals surface area contributed by atoms with E-state index in [0.717, 1.165) is 44.6 Å². The summed E-state index contributed by atoms with van der Waals surface area (Å²) in [6.45, 7) is 4.71. The van der Waals surface area contributed by atoms with E-state index in [4.69, 9.17) is 4.42 Å². The van der Waals surface area contributed by atoms with Crippen molar-refractivity contribution in [2.75, 3.05) is 4.90 Å². The van der Waals surface area contributed by atoms with Crippen LogP contribution in [0.3, 0.4) is 0 Å². The fraction of sp³-hybridized carbons (Fsp3) is 0.0492. The summed E-state index contributed by atoms with van der Waals surface area (Å²) in [5.41, 5.74) is 19.8. The molecule has 10 aromatic carbocycles. The van der Waals surface area contributed by atoms with Gasteiger partial charge >= 0.3 is 0 Å². The Morgan fingerprint density at radius 1 is 0.365 bits per heavy atom. The molecule has 1 aliphatic rings. The van der Waals surface area contributed by atoms with E-state index in [1.165, 1.54) is 72.0 Å². The zero-order chi connectivity index (χ0) is 42.1. The molecule has 0 amide bonds. The predicted octanol–water partition coefficient (Wildman–Crippen LogP) is 17.2. The van der Waals surface area contributed by atoms with Gasteiger partial charge in [-0.2, -0.15) is 0 Å². The van der Waals surface area contributed by atoms with Crippen molar-refractivity contribution in [2.45, 2.75) is 19.3 Å². The number of furan rings is 1. The van der Waals surface area contributed by atoms with Gasteiger partial charge in [-0.15, -0.1) is 0 Å². The molecule has 0 atom stereocenters. The van der Waals surface area contributed by atoms with Gasteiger partial charge in [0.15, 0.2) is 5.58 Å². The van der Waals surface area contributed by atoms with E-state index < -0.39 is 0 Å². The Morgan fingerprint density at radius 2 is 0.889 bits per heavy atom. The second kappa shape index (κ2) is 14.6. The number of hydrogen-bond donors (Lipinski definition) is 0. The molecule has 2 nitrogen and oxygen atoms in total. The summed E-state index contributed by atoms with van der Waals surface area (Å²) in [4.78, 5) is 2.34. The molecular formula is C61H43NO. The predicted molar refractivity (Wildman–Crippen MR) is 265 cm³/mol. The van der Waals surface area contributed by atoms with Gasteiger partial charge in [-0.1, -0.05) is 184 Å². The van der Waals surface area contributed by atoms with Crippen LogP contribution in [0.1, 0.15) is 25.0 Å². The summed E-state index contributed by atoms with van der Waals surface area (Å²) in [5, 5.41) is 4.72. The largest absolute Gasteiger partial charge is 0.454 e. The van der Waals surface area contributed by atoms with Crippen molar-refractivity contribution < 1.29 is 4.42 Å². The molecule has 0 spiro atoms. The number of nitrogens with zero attached hydrogens (tertiary/aromatic N) is 1. The number of rotatable bonds is 7. The van der Waals surface area contributed by atoms with E-state index in [9.17, 15) is 0 Å². The topological polar surface area (TPSA) is 16.4 Å².